The Morgan fingerprint density at radius 2 is 2.26 bits per heavy atom. The van der Waals surface area contributed by atoms with Gasteiger partial charge in [0, 0.05) is 37.5 Å². The summed E-state index contributed by atoms with van der Waals surface area (Å²) < 4.78 is 27.0. The van der Waals surface area contributed by atoms with Crippen molar-refractivity contribution in [3.8, 4) is 11.4 Å². The molecule has 23 heavy (non-hydrogen) atoms. The summed E-state index contributed by atoms with van der Waals surface area (Å²) in [5, 5.41) is 2.84. The Morgan fingerprint density at radius 3 is 3.04 bits per heavy atom. The fourth-order valence-electron chi connectivity index (χ4n) is 2.40. The first-order valence-electron chi connectivity index (χ1n) is 7.06. The number of aromatic nitrogens is 3. The van der Waals surface area contributed by atoms with Crippen molar-refractivity contribution in [1.29, 1.82) is 0 Å². The molecule has 2 N–H and O–H groups in total. The topological polar surface area (TPSA) is 73.9 Å². The number of nitrogens with zero attached hydrogens (tertiary/aromatic N) is 3. The molecule has 3 heterocycles. The van der Waals surface area contributed by atoms with Gasteiger partial charge in [0.25, 0.3) is 5.56 Å². The molecule has 0 aromatic carbocycles. The second-order valence-corrected chi connectivity index (χ2v) is 5.54. The van der Waals surface area contributed by atoms with Crippen LogP contribution in [0.1, 0.15) is 0 Å². The Morgan fingerprint density at radius 1 is 1.43 bits per heavy atom. The second kappa shape index (κ2) is 6.59. The third kappa shape index (κ3) is 3.48. The van der Waals surface area contributed by atoms with E-state index in [2.05, 4.69) is 20.3 Å². The number of H-pyrrole nitrogens is 1. The number of rotatable bonds is 2. The van der Waals surface area contributed by atoms with Crippen LogP contribution >= 0.6 is 11.6 Å². The van der Waals surface area contributed by atoms with Crippen molar-refractivity contribution in [3.63, 3.8) is 0 Å². The Hall–Kier alpha value is -2.06. The first kappa shape index (κ1) is 15.8. The number of alkyl halides is 1. The number of anilines is 1. The molecule has 0 spiro atoms. The molecule has 1 aliphatic heterocycles. The minimum Gasteiger partial charge on any atom is -0.351 e. The number of hydrogen-bond donors (Lipinski definition) is 2. The zero-order chi connectivity index (χ0) is 16.4. The first-order chi connectivity index (χ1) is 11.0. The SMILES string of the molecule is O=c1[nH]c(-c2ccnc(F)c2)nc(N2CCNC[C@@H](F)C2)c1Cl. The monoisotopic (exact) mass is 341 g/mol. The van der Waals surface area contributed by atoms with Gasteiger partial charge in [-0.2, -0.15) is 4.39 Å². The molecule has 1 fully saturated rings. The van der Waals surface area contributed by atoms with E-state index in [9.17, 15) is 13.6 Å². The predicted octanol–water partition coefficient (Wildman–Crippen LogP) is 1.37. The number of hydrogen-bond acceptors (Lipinski definition) is 5. The molecular formula is C14H14ClF2N5O. The highest BCUT2D eigenvalue weighted by molar-refractivity contribution is 6.32. The summed E-state index contributed by atoms with van der Waals surface area (Å²) in [5.41, 5.74) is -0.200. The van der Waals surface area contributed by atoms with Gasteiger partial charge in [-0.1, -0.05) is 11.6 Å². The number of aromatic amines is 1. The van der Waals surface area contributed by atoms with E-state index < -0.39 is 17.7 Å². The second-order valence-electron chi connectivity index (χ2n) is 5.17. The largest absolute Gasteiger partial charge is 0.351 e. The van der Waals surface area contributed by atoms with Crippen molar-refractivity contribution in [2.75, 3.05) is 31.1 Å². The quantitative estimate of drug-likeness (QED) is 0.807. The lowest BCUT2D eigenvalue weighted by molar-refractivity contribution is 0.337. The van der Waals surface area contributed by atoms with E-state index in [0.717, 1.165) is 6.07 Å². The number of pyridine rings is 1. The predicted molar refractivity (Wildman–Crippen MR) is 83.0 cm³/mol. The molecule has 3 rings (SSSR count). The molecule has 0 aliphatic carbocycles. The molecule has 122 valence electrons. The Kier molecular flexibility index (Phi) is 4.53. The van der Waals surface area contributed by atoms with E-state index in [1.807, 2.05) is 0 Å². The summed E-state index contributed by atoms with van der Waals surface area (Å²) >= 11 is 6.04. The summed E-state index contributed by atoms with van der Waals surface area (Å²) in [6, 6.07) is 2.67. The zero-order valence-corrected chi connectivity index (χ0v) is 12.8. The minimum absolute atomic E-state index is 0.0767. The highest BCUT2D eigenvalue weighted by Gasteiger charge is 2.22. The van der Waals surface area contributed by atoms with Gasteiger partial charge in [-0.25, -0.2) is 14.4 Å². The van der Waals surface area contributed by atoms with E-state index in [1.54, 1.807) is 4.90 Å². The van der Waals surface area contributed by atoms with Crippen LogP contribution in [0, 0.1) is 5.95 Å². The summed E-state index contributed by atoms with van der Waals surface area (Å²) in [4.78, 5) is 23.9. The number of nitrogens with one attached hydrogen (secondary N) is 2. The Bertz CT molecular complexity index is 769. The third-order valence-electron chi connectivity index (χ3n) is 3.49. The maximum Gasteiger partial charge on any atom is 0.272 e. The fourth-order valence-corrected chi connectivity index (χ4v) is 2.61. The molecule has 2 aromatic rings. The van der Waals surface area contributed by atoms with Crippen LogP contribution in [0.4, 0.5) is 14.6 Å². The smallest absolute Gasteiger partial charge is 0.272 e. The van der Waals surface area contributed by atoms with Gasteiger partial charge in [0.2, 0.25) is 5.95 Å². The van der Waals surface area contributed by atoms with Crippen LogP contribution in [0.2, 0.25) is 5.02 Å². The summed E-state index contributed by atoms with van der Waals surface area (Å²) in [6.45, 7) is 1.32. The van der Waals surface area contributed by atoms with Gasteiger partial charge in [-0.05, 0) is 6.07 Å². The van der Waals surface area contributed by atoms with Gasteiger partial charge < -0.3 is 15.2 Å². The van der Waals surface area contributed by atoms with E-state index >= 15 is 0 Å². The average molecular weight is 342 g/mol. The summed E-state index contributed by atoms with van der Waals surface area (Å²) in [7, 11) is 0. The molecular weight excluding hydrogens is 328 g/mol. The van der Waals surface area contributed by atoms with Crippen LogP contribution in [-0.4, -0.2) is 47.3 Å². The fraction of sp³-hybridized carbons (Fsp3) is 0.357. The van der Waals surface area contributed by atoms with Crippen molar-refractivity contribution in [3.05, 3.63) is 39.7 Å². The van der Waals surface area contributed by atoms with E-state index in [1.165, 1.54) is 12.3 Å². The maximum atomic E-state index is 13.8. The molecule has 0 radical (unpaired) electrons. The Labute approximate surface area is 135 Å². The zero-order valence-electron chi connectivity index (χ0n) is 12.0. The molecule has 1 aliphatic rings. The molecule has 1 saturated heterocycles. The van der Waals surface area contributed by atoms with Crippen molar-refractivity contribution >= 4 is 17.4 Å². The molecule has 0 bridgehead atoms. The van der Waals surface area contributed by atoms with Crippen LogP contribution in [0.25, 0.3) is 11.4 Å². The molecule has 9 heteroatoms. The van der Waals surface area contributed by atoms with Crippen LogP contribution in [0.3, 0.4) is 0 Å². The van der Waals surface area contributed by atoms with Gasteiger partial charge in [-0.3, -0.25) is 4.79 Å². The average Bonchev–Trinajstić information content (AvgIpc) is 2.74. The van der Waals surface area contributed by atoms with Crippen LogP contribution in [0.5, 0.6) is 0 Å². The van der Waals surface area contributed by atoms with Crippen molar-refractivity contribution in [2.45, 2.75) is 6.17 Å². The van der Waals surface area contributed by atoms with E-state index in [-0.39, 0.29) is 29.8 Å². The van der Waals surface area contributed by atoms with Crippen LogP contribution in [0.15, 0.2) is 23.1 Å². The lowest BCUT2D eigenvalue weighted by Crippen LogP contribution is -2.33. The van der Waals surface area contributed by atoms with Crippen LogP contribution in [-0.2, 0) is 0 Å². The number of halogens is 3. The summed E-state index contributed by atoms with van der Waals surface area (Å²) in [6.07, 6.45) is 0.170. The highest BCUT2D eigenvalue weighted by atomic mass is 35.5. The summed E-state index contributed by atoms with van der Waals surface area (Å²) in [5.74, 6) is -0.346. The Balaban J connectivity index is 2.05. The lowest BCUT2D eigenvalue weighted by atomic mass is 10.2. The third-order valence-corrected chi connectivity index (χ3v) is 3.83. The lowest BCUT2D eigenvalue weighted by Gasteiger charge is -2.23. The molecule has 0 saturated carbocycles. The molecule has 0 amide bonds. The van der Waals surface area contributed by atoms with Crippen LogP contribution < -0.4 is 15.8 Å². The first-order valence-corrected chi connectivity index (χ1v) is 7.44. The molecule has 0 unspecified atom stereocenters. The molecule has 2 aromatic heterocycles. The highest BCUT2D eigenvalue weighted by Crippen LogP contribution is 2.24. The van der Waals surface area contributed by atoms with Gasteiger partial charge in [0.05, 0.1) is 6.54 Å². The normalized spacial score (nSPS) is 18.7. The van der Waals surface area contributed by atoms with Crippen molar-refractivity contribution in [2.24, 2.45) is 0 Å². The van der Waals surface area contributed by atoms with Crippen molar-refractivity contribution in [1.82, 2.24) is 20.3 Å². The van der Waals surface area contributed by atoms with E-state index in [4.69, 9.17) is 11.6 Å². The standard InChI is InChI=1S/C14H14ClF2N5O/c15-11-13(22-4-3-18-6-9(16)7-22)20-12(21-14(11)23)8-1-2-19-10(17)5-8/h1-2,5,9,18H,3-4,6-7H2,(H,20,21,23)/t9-/m1/s1. The molecule has 6 nitrogen and oxygen atoms in total. The molecule has 1 atom stereocenters. The maximum absolute atomic E-state index is 13.8. The van der Waals surface area contributed by atoms with Gasteiger partial charge in [-0.15, -0.1) is 0 Å². The van der Waals surface area contributed by atoms with E-state index in [0.29, 0.717) is 18.7 Å². The van der Waals surface area contributed by atoms with Gasteiger partial charge in [0.15, 0.2) is 5.82 Å². The minimum atomic E-state index is -1.10. The van der Waals surface area contributed by atoms with Gasteiger partial charge >= 0.3 is 0 Å². The van der Waals surface area contributed by atoms with Crippen molar-refractivity contribution < 1.29 is 8.78 Å². The van der Waals surface area contributed by atoms with Gasteiger partial charge in [0.1, 0.15) is 17.0 Å².